The van der Waals surface area contributed by atoms with Crippen LogP contribution in [0.25, 0.3) is 6.08 Å². The van der Waals surface area contributed by atoms with E-state index in [0.29, 0.717) is 23.6 Å². The number of nitriles is 1. The lowest BCUT2D eigenvalue weighted by Gasteiger charge is -2.12. The van der Waals surface area contributed by atoms with Gasteiger partial charge in [0.25, 0.3) is 5.91 Å². The molecule has 0 saturated carbocycles. The van der Waals surface area contributed by atoms with Crippen LogP contribution in [0.1, 0.15) is 27.8 Å². The normalized spacial score (nSPS) is 11.0. The van der Waals surface area contributed by atoms with Crippen LogP contribution in [0.4, 0.5) is 5.69 Å². The number of halogens is 1. The lowest BCUT2D eigenvalue weighted by Crippen LogP contribution is -2.13. The smallest absolute Gasteiger partial charge is 0.266 e. The first-order chi connectivity index (χ1) is 14.9. The summed E-state index contributed by atoms with van der Waals surface area (Å²) in [5, 5.41) is 12.4. The van der Waals surface area contributed by atoms with E-state index in [1.165, 1.54) is 11.1 Å². The van der Waals surface area contributed by atoms with E-state index in [2.05, 4.69) is 47.2 Å². The molecule has 0 aromatic heterocycles. The summed E-state index contributed by atoms with van der Waals surface area (Å²) in [6.45, 7) is 6.47. The highest BCUT2D eigenvalue weighted by Crippen LogP contribution is 2.27. The molecule has 0 aliphatic heterocycles. The van der Waals surface area contributed by atoms with Gasteiger partial charge in [-0.05, 0) is 79.4 Å². The third kappa shape index (κ3) is 6.07. The molecule has 0 spiro atoms. The summed E-state index contributed by atoms with van der Waals surface area (Å²) in [5.41, 5.74) is 5.80. The van der Waals surface area contributed by atoms with Gasteiger partial charge in [-0.1, -0.05) is 46.3 Å². The predicted molar refractivity (Wildman–Crippen MR) is 128 cm³/mol. The Hall–Kier alpha value is -3.36. The fourth-order valence-corrected chi connectivity index (χ4v) is 3.42. The van der Waals surface area contributed by atoms with Crippen molar-refractivity contribution in [2.24, 2.45) is 0 Å². The molecule has 156 valence electrons. The maximum atomic E-state index is 12.6. The monoisotopic (exact) mass is 474 g/mol. The van der Waals surface area contributed by atoms with Crippen molar-refractivity contribution in [1.29, 1.82) is 5.26 Å². The molecule has 0 bridgehead atoms. The van der Waals surface area contributed by atoms with Gasteiger partial charge in [0.2, 0.25) is 0 Å². The van der Waals surface area contributed by atoms with E-state index in [-0.39, 0.29) is 5.57 Å². The van der Waals surface area contributed by atoms with Crippen LogP contribution in [0.15, 0.2) is 70.7 Å². The summed E-state index contributed by atoms with van der Waals surface area (Å²) < 4.78 is 6.85. The summed E-state index contributed by atoms with van der Waals surface area (Å²) in [7, 11) is 0. The minimum atomic E-state index is -0.465. The number of rotatable bonds is 6. The molecule has 0 saturated heterocycles. The molecule has 5 heteroatoms. The number of ether oxygens (including phenoxy) is 1. The number of hydrogen-bond donors (Lipinski definition) is 1. The standard InChI is InChI=1S/C26H23BrN2O2/c1-17-5-4-6-24(11-17)29-26(30)22(15-28)13-21-14-23(27)9-10-25(21)31-16-20-8-7-18(2)19(3)12-20/h4-14H,16H2,1-3H3,(H,29,30)/b22-13+. The van der Waals surface area contributed by atoms with Crippen LogP contribution in [-0.2, 0) is 11.4 Å². The molecule has 3 rings (SSSR count). The minimum absolute atomic E-state index is 0.00404. The zero-order chi connectivity index (χ0) is 22.4. The van der Waals surface area contributed by atoms with Crippen molar-refractivity contribution in [2.75, 3.05) is 5.32 Å². The van der Waals surface area contributed by atoms with Gasteiger partial charge in [-0.25, -0.2) is 0 Å². The van der Waals surface area contributed by atoms with Crippen molar-refractivity contribution >= 4 is 33.6 Å². The molecule has 0 atom stereocenters. The first kappa shape index (κ1) is 22.3. The average molecular weight is 475 g/mol. The number of anilines is 1. The van der Waals surface area contributed by atoms with Gasteiger partial charge < -0.3 is 10.1 Å². The zero-order valence-electron chi connectivity index (χ0n) is 17.7. The Morgan fingerprint density at radius 2 is 1.87 bits per heavy atom. The van der Waals surface area contributed by atoms with Crippen molar-refractivity contribution in [1.82, 2.24) is 0 Å². The number of hydrogen-bond acceptors (Lipinski definition) is 3. The van der Waals surface area contributed by atoms with E-state index in [9.17, 15) is 10.1 Å². The fraction of sp³-hybridized carbons (Fsp3) is 0.154. The Morgan fingerprint density at radius 1 is 1.06 bits per heavy atom. The SMILES string of the molecule is Cc1cccc(NC(=O)/C(C#N)=C/c2cc(Br)ccc2OCc2ccc(C)c(C)c2)c1. The van der Waals surface area contributed by atoms with Crippen LogP contribution in [-0.4, -0.2) is 5.91 Å². The number of carbonyl (C=O) groups is 1. The molecule has 31 heavy (non-hydrogen) atoms. The van der Waals surface area contributed by atoms with Crippen LogP contribution in [0.5, 0.6) is 5.75 Å². The van der Waals surface area contributed by atoms with Crippen LogP contribution in [0.3, 0.4) is 0 Å². The third-order valence-corrected chi connectivity index (χ3v) is 5.37. The predicted octanol–water partition coefficient (Wildman–Crippen LogP) is 6.50. The van der Waals surface area contributed by atoms with E-state index < -0.39 is 5.91 Å². The van der Waals surface area contributed by atoms with E-state index in [4.69, 9.17) is 4.74 Å². The largest absolute Gasteiger partial charge is 0.488 e. The summed E-state index contributed by atoms with van der Waals surface area (Å²) in [6, 6.07) is 21.2. The topological polar surface area (TPSA) is 62.1 Å². The Balaban J connectivity index is 1.83. The summed E-state index contributed by atoms with van der Waals surface area (Å²) in [4.78, 5) is 12.6. The van der Waals surface area contributed by atoms with Crippen LogP contribution >= 0.6 is 15.9 Å². The zero-order valence-corrected chi connectivity index (χ0v) is 19.3. The molecule has 0 radical (unpaired) electrons. The maximum Gasteiger partial charge on any atom is 0.266 e. The third-order valence-electron chi connectivity index (χ3n) is 4.88. The van der Waals surface area contributed by atoms with Gasteiger partial charge in [0, 0.05) is 15.7 Å². The van der Waals surface area contributed by atoms with Crippen LogP contribution in [0, 0.1) is 32.1 Å². The second-order valence-electron chi connectivity index (χ2n) is 7.38. The molecule has 3 aromatic rings. The van der Waals surface area contributed by atoms with Gasteiger partial charge in [0.1, 0.15) is 24.0 Å². The highest BCUT2D eigenvalue weighted by molar-refractivity contribution is 9.10. The number of nitrogens with one attached hydrogen (secondary N) is 1. The number of aryl methyl sites for hydroxylation is 3. The van der Waals surface area contributed by atoms with Gasteiger partial charge in [0.15, 0.2) is 0 Å². The number of amides is 1. The van der Waals surface area contributed by atoms with Crippen molar-refractivity contribution in [3.63, 3.8) is 0 Å². The summed E-state index contributed by atoms with van der Waals surface area (Å²) in [5.74, 6) is 0.130. The average Bonchev–Trinajstić information content (AvgIpc) is 2.73. The first-order valence-corrected chi connectivity index (χ1v) is 10.6. The summed E-state index contributed by atoms with van der Waals surface area (Å²) >= 11 is 3.45. The molecule has 0 aliphatic rings. The highest BCUT2D eigenvalue weighted by atomic mass is 79.9. The van der Waals surface area contributed by atoms with Crippen molar-refractivity contribution in [3.05, 3.63) is 98.5 Å². The van der Waals surface area contributed by atoms with Gasteiger partial charge in [-0.15, -0.1) is 0 Å². The van der Waals surface area contributed by atoms with Gasteiger partial charge in [-0.3, -0.25) is 4.79 Å². The van der Waals surface area contributed by atoms with E-state index >= 15 is 0 Å². The lowest BCUT2D eigenvalue weighted by atomic mass is 10.1. The number of nitrogens with zero attached hydrogens (tertiary/aromatic N) is 1. The molecule has 1 N–H and O–H groups in total. The van der Waals surface area contributed by atoms with Gasteiger partial charge >= 0.3 is 0 Å². The van der Waals surface area contributed by atoms with Gasteiger partial charge in [-0.2, -0.15) is 5.26 Å². The first-order valence-electron chi connectivity index (χ1n) is 9.84. The molecule has 3 aromatic carbocycles. The highest BCUT2D eigenvalue weighted by Gasteiger charge is 2.12. The molecule has 0 aliphatic carbocycles. The van der Waals surface area contributed by atoms with Gasteiger partial charge in [0.05, 0.1) is 0 Å². The molecular formula is C26H23BrN2O2. The second-order valence-corrected chi connectivity index (χ2v) is 8.30. The van der Waals surface area contributed by atoms with Crippen LogP contribution in [0.2, 0.25) is 0 Å². The van der Waals surface area contributed by atoms with E-state index in [1.54, 1.807) is 12.1 Å². The lowest BCUT2D eigenvalue weighted by molar-refractivity contribution is -0.112. The van der Waals surface area contributed by atoms with E-state index in [0.717, 1.165) is 15.6 Å². The molecule has 0 unspecified atom stereocenters. The quantitative estimate of drug-likeness (QED) is 0.327. The molecule has 0 fully saturated rings. The Labute approximate surface area is 191 Å². The van der Waals surface area contributed by atoms with Crippen LogP contribution < -0.4 is 10.1 Å². The van der Waals surface area contributed by atoms with Crippen molar-refractivity contribution < 1.29 is 9.53 Å². The molecular weight excluding hydrogens is 452 g/mol. The Kier molecular flexibility index (Phi) is 7.28. The molecule has 4 nitrogen and oxygen atoms in total. The van der Waals surface area contributed by atoms with Crippen molar-refractivity contribution in [2.45, 2.75) is 27.4 Å². The number of carbonyl (C=O) groups excluding carboxylic acids is 1. The Bertz CT molecular complexity index is 1190. The number of benzene rings is 3. The molecule has 1 amide bonds. The second kappa shape index (κ2) is 10.1. The maximum absolute atomic E-state index is 12.6. The Morgan fingerprint density at radius 3 is 2.58 bits per heavy atom. The fourth-order valence-electron chi connectivity index (χ4n) is 3.04. The van der Waals surface area contributed by atoms with E-state index in [1.807, 2.05) is 55.5 Å². The molecule has 0 heterocycles. The minimum Gasteiger partial charge on any atom is -0.488 e. The summed E-state index contributed by atoms with van der Waals surface area (Å²) in [6.07, 6.45) is 1.55. The van der Waals surface area contributed by atoms with Crippen molar-refractivity contribution in [3.8, 4) is 11.8 Å².